The summed E-state index contributed by atoms with van der Waals surface area (Å²) in [4.78, 5) is 32.5. The number of aromatic nitrogens is 2. The summed E-state index contributed by atoms with van der Waals surface area (Å²) in [6.07, 6.45) is 3.95. The number of thioether (sulfide) groups is 1. The molecule has 0 radical (unpaired) electrons. The van der Waals surface area contributed by atoms with Crippen LogP contribution in [0.1, 0.15) is 23.2 Å². The van der Waals surface area contributed by atoms with Gasteiger partial charge in [0.15, 0.2) is 0 Å². The van der Waals surface area contributed by atoms with Gasteiger partial charge >= 0.3 is 0 Å². The second kappa shape index (κ2) is 9.50. The van der Waals surface area contributed by atoms with E-state index < -0.39 is 0 Å². The molecule has 5 rings (SSSR count). The molecule has 1 saturated heterocycles. The van der Waals surface area contributed by atoms with Gasteiger partial charge in [-0.1, -0.05) is 24.3 Å². The molecule has 7 heteroatoms. The van der Waals surface area contributed by atoms with Crippen LogP contribution in [0, 0.1) is 0 Å². The largest absolute Gasteiger partial charge is 0.342 e. The maximum atomic E-state index is 13.0. The highest BCUT2D eigenvalue weighted by molar-refractivity contribution is 8.00. The Bertz CT molecular complexity index is 1290. The molecular weight excluding hydrogens is 432 g/mol. The van der Waals surface area contributed by atoms with Crippen molar-refractivity contribution in [3.8, 4) is 5.69 Å². The number of carbonyl (C=O) groups excluding carboxylic acids is 2. The van der Waals surface area contributed by atoms with E-state index in [0.29, 0.717) is 17.0 Å². The van der Waals surface area contributed by atoms with Gasteiger partial charge < -0.3 is 10.2 Å². The third kappa shape index (κ3) is 4.64. The molecule has 1 N–H and O–H groups in total. The lowest BCUT2D eigenvalue weighted by Crippen LogP contribution is -2.29. The van der Waals surface area contributed by atoms with Crippen LogP contribution in [0.15, 0.2) is 84.0 Å². The molecule has 3 aromatic carbocycles. The zero-order valence-corrected chi connectivity index (χ0v) is 18.9. The van der Waals surface area contributed by atoms with Crippen molar-refractivity contribution in [3.63, 3.8) is 0 Å². The number of carbonyl (C=O) groups is 2. The highest BCUT2D eigenvalue weighted by Crippen LogP contribution is 2.25. The Kier molecular flexibility index (Phi) is 6.13. The summed E-state index contributed by atoms with van der Waals surface area (Å²) < 4.78 is 2.02. The van der Waals surface area contributed by atoms with Gasteiger partial charge in [-0.15, -0.1) is 11.8 Å². The van der Waals surface area contributed by atoms with Crippen molar-refractivity contribution in [1.29, 1.82) is 0 Å². The van der Waals surface area contributed by atoms with E-state index in [1.807, 2.05) is 76.2 Å². The topological polar surface area (TPSA) is 67.2 Å². The Balaban J connectivity index is 1.27. The molecule has 6 nitrogen and oxygen atoms in total. The number of nitrogens with zero attached hydrogens (tertiary/aromatic N) is 3. The average molecular weight is 457 g/mol. The van der Waals surface area contributed by atoms with E-state index in [2.05, 4.69) is 10.3 Å². The Hall–Kier alpha value is -3.58. The second-order valence-electron chi connectivity index (χ2n) is 7.98. The standard InChI is InChI=1S/C26H24N4O2S/c31-25(29-15-5-6-16-29)17-33-24-10-4-1-7-21(24)26(32)28-19-11-13-20(14-12-19)30-18-27-22-8-2-3-9-23(22)30/h1-4,7-14,18H,5-6,15-17H2,(H,28,32). The molecule has 2 heterocycles. The fraction of sp³-hybridized carbons (Fsp3) is 0.192. The lowest BCUT2D eigenvalue weighted by atomic mass is 10.2. The number of amides is 2. The molecule has 0 atom stereocenters. The van der Waals surface area contributed by atoms with Gasteiger partial charge in [-0.3, -0.25) is 14.2 Å². The molecule has 2 amide bonds. The number of imidazole rings is 1. The SMILES string of the molecule is O=C(Nc1ccc(-n2cnc3ccccc32)cc1)c1ccccc1SCC(=O)N1CCCC1. The lowest BCUT2D eigenvalue weighted by Gasteiger charge is -2.15. The monoisotopic (exact) mass is 456 g/mol. The maximum Gasteiger partial charge on any atom is 0.256 e. The van der Waals surface area contributed by atoms with Crippen molar-refractivity contribution in [2.45, 2.75) is 17.7 Å². The first-order valence-electron chi connectivity index (χ1n) is 11.0. The van der Waals surface area contributed by atoms with Crippen molar-refractivity contribution in [3.05, 3.63) is 84.7 Å². The number of rotatable bonds is 6. The van der Waals surface area contributed by atoms with Gasteiger partial charge in [0.05, 0.1) is 22.3 Å². The fourth-order valence-electron chi connectivity index (χ4n) is 4.05. The van der Waals surface area contributed by atoms with E-state index in [9.17, 15) is 9.59 Å². The van der Waals surface area contributed by atoms with Gasteiger partial charge in [-0.05, 0) is 61.4 Å². The summed E-state index contributed by atoms with van der Waals surface area (Å²) in [5.41, 5.74) is 4.22. The molecule has 0 unspecified atom stereocenters. The number of benzene rings is 3. The third-order valence-electron chi connectivity index (χ3n) is 5.80. The second-order valence-corrected chi connectivity index (χ2v) is 8.99. The number of hydrogen-bond donors (Lipinski definition) is 1. The molecule has 0 saturated carbocycles. The highest BCUT2D eigenvalue weighted by Gasteiger charge is 2.19. The maximum absolute atomic E-state index is 13.0. The minimum Gasteiger partial charge on any atom is -0.342 e. The van der Waals surface area contributed by atoms with Gasteiger partial charge in [0.25, 0.3) is 5.91 Å². The van der Waals surface area contributed by atoms with Gasteiger partial charge in [0.1, 0.15) is 6.33 Å². The predicted octanol–water partition coefficient (Wildman–Crippen LogP) is 4.99. The molecule has 1 aliphatic rings. The summed E-state index contributed by atoms with van der Waals surface area (Å²) in [7, 11) is 0. The molecule has 1 aliphatic heterocycles. The summed E-state index contributed by atoms with van der Waals surface area (Å²) in [5, 5.41) is 2.98. The Morgan fingerprint density at radius 2 is 1.64 bits per heavy atom. The first-order valence-corrected chi connectivity index (χ1v) is 12.0. The van der Waals surface area contributed by atoms with Crippen molar-refractivity contribution in [2.75, 3.05) is 24.2 Å². The number of fused-ring (bicyclic) bond motifs is 1. The number of anilines is 1. The zero-order valence-electron chi connectivity index (χ0n) is 18.1. The van der Waals surface area contributed by atoms with Crippen LogP contribution in [-0.4, -0.2) is 45.1 Å². The van der Waals surface area contributed by atoms with Crippen molar-refractivity contribution in [1.82, 2.24) is 14.5 Å². The molecule has 33 heavy (non-hydrogen) atoms. The smallest absolute Gasteiger partial charge is 0.256 e. The van der Waals surface area contributed by atoms with Crippen LogP contribution in [0.2, 0.25) is 0 Å². The summed E-state index contributed by atoms with van der Waals surface area (Å²) in [6, 6.07) is 23.1. The molecule has 0 spiro atoms. The van der Waals surface area contributed by atoms with Crippen LogP contribution in [0.3, 0.4) is 0 Å². The Morgan fingerprint density at radius 1 is 0.909 bits per heavy atom. The molecular formula is C26H24N4O2S. The van der Waals surface area contributed by atoms with Crippen molar-refractivity contribution >= 4 is 40.3 Å². The van der Waals surface area contributed by atoms with Crippen LogP contribution in [-0.2, 0) is 4.79 Å². The van der Waals surface area contributed by atoms with Crippen LogP contribution in [0.5, 0.6) is 0 Å². The van der Waals surface area contributed by atoms with E-state index in [1.165, 1.54) is 11.8 Å². The van der Waals surface area contributed by atoms with Crippen LogP contribution in [0.4, 0.5) is 5.69 Å². The van der Waals surface area contributed by atoms with E-state index in [-0.39, 0.29) is 11.8 Å². The predicted molar refractivity (Wildman–Crippen MR) is 132 cm³/mol. The highest BCUT2D eigenvalue weighted by atomic mass is 32.2. The van der Waals surface area contributed by atoms with Crippen LogP contribution in [0.25, 0.3) is 16.7 Å². The molecule has 0 aliphatic carbocycles. The summed E-state index contributed by atoms with van der Waals surface area (Å²) in [5.74, 6) is 0.292. The summed E-state index contributed by atoms with van der Waals surface area (Å²) in [6.45, 7) is 1.68. The average Bonchev–Trinajstić information content (AvgIpc) is 3.54. The first-order chi connectivity index (χ1) is 16.2. The number of nitrogens with one attached hydrogen (secondary N) is 1. The minimum absolute atomic E-state index is 0.135. The molecule has 4 aromatic rings. The van der Waals surface area contributed by atoms with Gasteiger partial charge in [-0.25, -0.2) is 4.98 Å². The first kappa shape index (κ1) is 21.3. The summed E-state index contributed by atoms with van der Waals surface area (Å²) >= 11 is 1.42. The molecule has 166 valence electrons. The van der Waals surface area contributed by atoms with E-state index in [1.54, 1.807) is 12.4 Å². The number of likely N-dealkylation sites (tertiary alicyclic amines) is 1. The number of para-hydroxylation sites is 2. The lowest BCUT2D eigenvalue weighted by molar-refractivity contribution is -0.127. The van der Waals surface area contributed by atoms with Crippen LogP contribution < -0.4 is 5.32 Å². The quantitative estimate of drug-likeness (QED) is 0.415. The Labute approximate surface area is 196 Å². The zero-order chi connectivity index (χ0) is 22.6. The van der Waals surface area contributed by atoms with Gasteiger partial charge in [0, 0.05) is 29.4 Å². The third-order valence-corrected chi connectivity index (χ3v) is 6.86. The van der Waals surface area contributed by atoms with Crippen molar-refractivity contribution < 1.29 is 9.59 Å². The van der Waals surface area contributed by atoms with Crippen LogP contribution >= 0.6 is 11.8 Å². The fourth-order valence-corrected chi connectivity index (χ4v) is 5.00. The van der Waals surface area contributed by atoms with E-state index in [4.69, 9.17) is 0 Å². The number of hydrogen-bond acceptors (Lipinski definition) is 4. The Morgan fingerprint density at radius 3 is 2.45 bits per heavy atom. The molecule has 0 bridgehead atoms. The van der Waals surface area contributed by atoms with Gasteiger partial charge in [0.2, 0.25) is 5.91 Å². The van der Waals surface area contributed by atoms with Crippen molar-refractivity contribution in [2.24, 2.45) is 0 Å². The molecule has 1 aromatic heterocycles. The normalized spacial score (nSPS) is 13.4. The van der Waals surface area contributed by atoms with Gasteiger partial charge in [-0.2, -0.15) is 0 Å². The molecule has 1 fully saturated rings. The minimum atomic E-state index is -0.187. The van der Waals surface area contributed by atoms with E-state index in [0.717, 1.165) is 47.5 Å². The van der Waals surface area contributed by atoms with E-state index >= 15 is 0 Å².